The van der Waals surface area contributed by atoms with E-state index >= 15 is 0 Å². The topological polar surface area (TPSA) is 80.9 Å². The molecule has 0 saturated heterocycles. The number of fused-ring (bicyclic) bond motifs is 3. The van der Waals surface area contributed by atoms with Crippen LogP contribution in [0.25, 0.3) is 21.8 Å². The predicted molar refractivity (Wildman–Crippen MR) is 89.5 cm³/mol. The van der Waals surface area contributed by atoms with E-state index in [-0.39, 0.29) is 12.7 Å². The summed E-state index contributed by atoms with van der Waals surface area (Å²) in [4.78, 5) is 18.4. The van der Waals surface area contributed by atoms with Crippen molar-refractivity contribution in [3.05, 3.63) is 36.4 Å². The summed E-state index contributed by atoms with van der Waals surface area (Å²) in [6.07, 6.45) is -0.204. The zero-order chi connectivity index (χ0) is 16.6. The number of hydrogen-bond donors (Lipinski definition) is 2. The van der Waals surface area contributed by atoms with Gasteiger partial charge in [0.2, 0.25) is 0 Å². The van der Waals surface area contributed by atoms with E-state index < -0.39 is 7.60 Å². The molecular formula is C16H18NO5P. The van der Waals surface area contributed by atoms with Crippen molar-refractivity contribution in [2.75, 3.05) is 20.4 Å². The molecule has 3 rings (SSSR count). The van der Waals surface area contributed by atoms with Crippen LogP contribution < -0.4 is 9.47 Å². The Bertz CT molecular complexity index is 850. The molecule has 3 aromatic rings. The SMILES string of the molecule is COc1ccc2c(c1)c1cc(OC)ccc1n2CCP(=O)(O)O. The van der Waals surface area contributed by atoms with Gasteiger partial charge in [-0.1, -0.05) is 0 Å². The fourth-order valence-electron chi connectivity index (χ4n) is 2.79. The minimum absolute atomic E-state index is 0.204. The summed E-state index contributed by atoms with van der Waals surface area (Å²) in [6.45, 7) is 0.239. The second-order valence-electron chi connectivity index (χ2n) is 5.31. The fourth-order valence-corrected chi connectivity index (χ4v) is 3.25. The average Bonchev–Trinajstić information content (AvgIpc) is 2.84. The van der Waals surface area contributed by atoms with E-state index in [0.717, 1.165) is 33.3 Å². The summed E-state index contributed by atoms with van der Waals surface area (Å²) in [5.41, 5.74) is 1.81. The van der Waals surface area contributed by atoms with Crippen LogP contribution in [-0.4, -0.2) is 34.7 Å². The standard InChI is InChI=1S/C16H18NO5P/c1-21-11-3-5-15-13(9-11)14-10-12(22-2)4-6-16(14)17(15)7-8-23(18,19)20/h3-6,9-10H,7-8H2,1-2H3,(H2,18,19,20). The van der Waals surface area contributed by atoms with Crippen LogP contribution in [0.5, 0.6) is 11.5 Å². The molecule has 0 fully saturated rings. The van der Waals surface area contributed by atoms with Gasteiger partial charge in [0, 0.05) is 28.4 Å². The lowest BCUT2D eigenvalue weighted by molar-refractivity contribution is 0.370. The van der Waals surface area contributed by atoms with E-state index in [9.17, 15) is 14.4 Å². The van der Waals surface area contributed by atoms with Gasteiger partial charge in [-0.15, -0.1) is 0 Å². The van der Waals surface area contributed by atoms with Gasteiger partial charge in [-0.25, -0.2) is 0 Å². The van der Waals surface area contributed by atoms with Crippen molar-refractivity contribution in [3.63, 3.8) is 0 Å². The quantitative estimate of drug-likeness (QED) is 0.701. The highest BCUT2D eigenvalue weighted by Crippen LogP contribution is 2.37. The molecule has 2 N–H and O–H groups in total. The maximum absolute atomic E-state index is 11.2. The molecule has 0 atom stereocenters. The first kappa shape index (κ1) is 15.9. The summed E-state index contributed by atoms with van der Waals surface area (Å²) < 4.78 is 23.7. The molecule has 0 aliphatic heterocycles. The number of benzene rings is 2. The summed E-state index contributed by atoms with van der Waals surface area (Å²) in [5.74, 6) is 1.46. The first-order valence-corrected chi connectivity index (χ1v) is 8.91. The molecular weight excluding hydrogens is 317 g/mol. The van der Waals surface area contributed by atoms with Crippen molar-refractivity contribution in [2.24, 2.45) is 0 Å². The van der Waals surface area contributed by atoms with Crippen LogP contribution in [0.3, 0.4) is 0 Å². The Labute approximate surface area is 133 Å². The van der Waals surface area contributed by atoms with Gasteiger partial charge in [0.15, 0.2) is 0 Å². The number of hydrogen-bond acceptors (Lipinski definition) is 3. The largest absolute Gasteiger partial charge is 0.497 e. The van der Waals surface area contributed by atoms with Gasteiger partial charge in [-0.3, -0.25) is 4.57 Å². The lowest BCUT2D eigenvalue weighted by Gasteiger charge is -2.09. The number of rotatable bonds is 5. The molecule has 0 unspecified atom stereocenters. The third-order valence-electron chi connectivity index (χ3n) is 3.89. The molecule has 2 aromatic carbocycles. The van der Waals surface area contributed by atoms with Gasteiger partial charge >= 0.3 is 7.60 Å². The van der Waals surface area contributed by atoms with Crippen LogP contribution in [0, 0.1) is 0 Å². The molecule has 0 spiro atoms. The first-order valence-electron chi connectivity index (χ1n) is 7.11. The molecule has 1 aromatic heterocycles. The highest BCUT2D eigenvalue weighted by molar-refractivity contribution is 7.51. The fraction of sp³-hybridized carbons (Fsp3) is 0.250. The Morgan fingerprint density at radius 3 is 1.83 bits per heavy atom. The monoisotopic (exact) mass is 335 g/mol. The van der Waals surface area contributed by atoms with E-state index in [2.05, 4.69) is 0 Å². The van der Waals surface area contributed by atoms with Gasteiger partial charge < -0.3 is 23.8 Å². The smallest absolute Gasteiger partial charge is 0.327 e. The molecule has 7 heteroatoms. The second kappa shape index (κ2) is 5.89. The van der Waals surface area contributed by atoms with Crippen molar-refractivity contribution in [1.82, 2.24) is 4.57 Å². The highest BCUT2D eigenvalue weighted by Gasteiger charge is 2.17. The normalized spacial score (nSPS) is 12.0. The van der Waals surface area contributed by atoms with E-state index in [1.807, 2.05) is 41.0 Å². The van der Waals surface area contributed by atoms with Crippen LogP contribution in [0.15, 0.2) is 36.4 Å². The zero-order valence-electron chi connectivity index (χ0n) is 12.9. The molecule has 23 heavy (non-hydrogen) atoms. The first-order chi connectivity index (χ1) is 10.9. The van der Waals surface area contributed by atoms with Gasteiger partial charge in [0.25, 0.3) is 0 Å². The van der Waals surface area contributed by atoms with Crippen molar-refractivity contribution in [3.8, 4) is 11.5 Å². The molecule has 0 aliphatic carbocycles. The van der Waals surface area contributed by atoms with Crippen molar-refractivity contribution < 1.29 is 23.8 Å². The molecule has 0 amide bonds. The van der Waals surface area contributed by atoms with Crippen molar-refractivity contribution in [2.45, 2.75) is 6.54 Å². The Morgan fingerprint density at radius 1 is 0.957 bits per heavy atom. The van der Waals surface area contributed by atoms with E-state index in [0.29, 0.717) is 0 Å². The predicted octanol–water partition coefficient (Wildman–Crippen LogP) is 2.99. The maximum atomic E-state index is 11.2. The molecule has 0 aliphatic rings. The van der Waals surface area contributed by atoms with Gasteiger partial charge in [0.1, 0.15) is 11.5 Å². The summed E-state index contributed by atoms with van der Waals surface area (Å²) >= 11 is 0. The third kappa shape index (κ3) is 3.06. The van der Waals surface area contributed by atoms with Crippen LogP contribution in [0.4, 0.5) is 0 Å². The third-order valence-corrected chi connectivity index (χ3v) is 4.68. The number of ether oxygens (including phenoxy) is 2. The van der Waals surface area contributed by atoms with Crippen molar-refractivity contribution >= 4 is 29.4 Å². The summed E-state index contributed by atoms with van der Waals surface area (Å²) in [5, 5.41) is 1.92. The minimum Gasteiger partial charge on any atom is -0.497 e. The molecule has 0 bridgehead atoms. The average molecular weight is 335 g/mol. The zero-order valence-corrected chi connectivity index (χ0v) is 13.8. The number of methoxy groups -OCH3 is 2. The lowest BCUT2D eigenvalue weighted by Crippen LogP contribution is -2.03. The number of aromatic nitrogens is 1. The number of nitrogens with zero attached hydrogens (tertiary/aromatic N) is 1. The Kier molecular flexibility index (Phi) is 4.06. The molecule has 1 heterocycles. The van der Waals surface area contributed by atoms with Crippen molar-refractivity contribution in [1.29, 1.82) is 0 Å². The van der Waals surface area contributed by atoms with Gasteiger partial charge in [-0.2, -0.15) is 0 Å². The second-order valence-corrected chi connectivity index (χ2v) is 7.08. The summed E-state index contributed by atoms with van der Waals surface area (Å²) in [7, 11) is -0.852. The van der Waals surface area contributed by atoms with Gasteiger partial charge in [-0.05, 0) is 36.4 Å². The molecule has 122 valence electrons. The van der Waals surface area contributed by atoms with Crippen LogP contribution >= 0.6 is 7.60 Å². The number of aryl methyl sites for hydroxylation is 1. The minimum atomic E-state index is -4.06. The Balaban J connectivity index is 2.25. The maximum Gasteiger partial charge on any atom is 0.327 e. The Hall–Kier alpha value is -2.01. The van der Waals surface area contributed by atoms with Gasteiger partial charge in [0.05, 0.1) is 20.4 Å². The van der Waals surface area contributed by atoms with E-state index in [1.54, 1.807) is 14.2 Å². The van der Waals surface area contributed by atoms with E-state index in [4.69, 9.17) is 9.47 Å². The van der Waals surface area contributed by atoms with Crippen LogP contribution in [-0.2, 0) is 11.1 Å². The lowest BCUT2D eigenvalue weighted by atomic mass is 10.1. The summed E-state index contributed by atoms with van der Waals surface area (Å²) in [6, 6.07) is 11.3. The molecule has 0 saturated carbocycles. The van der Waals surface area contributed by atoms with Crippen LogP contribution in [0.2, 0.25) is 0 Å². The molecule has 6 nitrogen and oxygen atoms in total. The van der Waals surface area contributed by atoms with E-state index in [1.165, 1.54) is 0 Å². The highest BCUT2D eigenvalue weighted by atomic mass is 31.2. The molecule has 0 radical (unpaired) electrons. The van der Waals surface area contributed by atoms with Crippen LogP contribution in [0.1, 0.15) is 0 Å². The Morgan fingerprint density at radius 2 is 1.43 bits per heavy atom.